The standard InChI is InChI=1S/C20H11BrN2O8/c21-17-11-16(30-19(24)12-3-1-5-14(9-12)22(26)27)7-8-18(17)31-20(25)13-4-2-6-15(10-13)23(28)29/h1-11H. The van der Waals surface area contributed by atoms with Crippen molar-refractivity contribution < 1.29 is 28.9 Å². The van der Waals surface area contributed by atoms with E-state index in [0.717, 1.165) is 12.1 Å². The predicted octanol–water partition coefficient (Wildman–Crippen LogP) is 4.70. The van der Waals surface area contributed by atoms with E-state index in [1.54, 1.807) is 0 Å². The molecular weight excluding hydrogens is 476 g/mol. The molecule has 0 aromatic heterocycles. The van der Waals surface area contributed by atoms with E-state index in [2.05, 4.69) is 15.9 Å². The molecule has 0 aliphatic carbocycles. The van der Waals surface area contributed by atoms with Gasteiger partial charge in [0.25, 0.3) is 11.4 Å². The number of rotatable bonds is 6. The summed E-state index contributed by atoms with van der Waals surface area (Å²) in [6.45, 7) is 0. The van der Waals surface area contributed by atoms with Crippen LogP contribution in [0, 0.1) is 20.2 Å². The van der Waals surface area contributed by atoms with Gasteiger partial charge in [0, 0.05) is 24.3 Å². The molecule has 3 rings (SSSR count). The van der Waals surface area contributed by atoms with Crippen molar-refractivity contribution >= 4 is 39.2 Å². The Balaban J connectivity index is 1.73. The summed E-state index contributed by atoms with van der Waals surface area (Å²) in [6, 6.07) is 14.2. The van der Waals surface area contributed by atoms with Crippen LogP contribution in [-0.2, 0) is 0 Å². The quantitative estimate of drug-likeness (QED) is 0.211. The first-order valence-corrected chi connectivity index (χ1v) is 9.27. The van der Waals surface area contributed by atoms with Crippen LogP contribution in [0.1, 0.15) is 20.7 Å². The van der Waals surface area contributed by atoms with Crippen molar-refractivity contribution in [3.8, 4) is 11.5 Å². The van der Waals surface area contributed by atoms with Crippen molar-refractivity contribution in [3.05, 3.63) is 103 Å². The lowest BCUT2D eigenvalue weighted by molar-refractivity contribution is -0.385. The number of ether oxygens (including phenoxy) is 2. The van der Waals surface area contributed by atoms with Gasteiger partial charge in [-0.25, -0.2) is 9.59 Å². The summed E-state index contributed by atoms with van der Waals surface area (Å²) in [5.74, 6) is -1.44. The highest BCUT2D eigenvalue weighted by molar-refractivity contribution is 9.10. The van der Waals surface area contributed by atoms with Crippen LogP contribution in [-0.4, -0.2) is 21.8 Å². The number of benzene rings is 3. The summed E-state index contributed by atoms with van der Waals surface area (Å²) in [4.78, 5) is 44.9. The molecular formula is C20H11BrN2O8. The monoisotopic (exact) mass is 486 g/mol. The first kappa shape index (κ1) is 21.6. The Labute approximate surface area is 182 Å². The fourth-order valence-corrected chi connectivity index (χ4v) is 2.88. The molecule has 3 aromatic carbocycles. The Morgan fingerprint density at radius 3 is 1.74 bits per heavy atom. The summed E-state index contributed by atoms with van der Waals surface area (Å²) in [5.41, 5.74) is -0.523. The number of carbonyl (C=O) groups is 2. The van der Waals surface area contributed by atoms with E-state index < -0.39 is 21.8 Å². The van der Waals surface area contributed by atoms with Crippen LogP contribution < -0.4 is 9.47 Å². The summed E-state index contributed by atoms with van der Waals surface area (Å²) in [5, 5.41) is 21.7. The Hall–Kier alpha value is -4.12. The summed E-state index contributed by atoms with van der Waals surface area (Å²) in [6.07, 6.45) is 0. The van der Waals surface area contributed by atoms with E-state index in [4.69, 9.17) is 9.47 Å². The molecule has 10 nitrogen and oxygen atoms in total. The SMILES string of the molecule is O=C(Oc1ccc(OC(=O)c2cccc([N+](=O)[O-])c2)c(Br)c1)c1cccc([N+](=O)[O-])c1. The minimum absolute atomic E-state index is 0.00787. The number of hydrogen-bond donors (Lipinski definition) is 0. The molecule has 156 valence electrons. The molecule has 0 spiro atoms. The first-order chi connectivity index (χ1) is 14.7. The normalized spacial score (nSPS) is 10.2. The topological polar surface area (TPSA) is 139 Å². The molecule has 0 heterocycles. The van der Waals surface area contributed by atoms with Gasteiger partial charge in [0.05, 0.1) is 25.4 Å². The van der Waals surface area contributed by atoms with E-state index in [9.17, 15) is 29.8 Å². The number of hydrogen-bond acceptors (Lipinski definition) is 8. The van der Waals surface area contributed by atoms with Gasteiger partial charge in [-0.2, -0.15) is 0 Å². The molecule has 0 aliphatic rings. The fourth-order valence-electron chi connectivity index (χ4n) is 2.45. The highest BCUT2D eigenvalue weighted by Gasteiger charge is 2.17. The molecule has 11 heteroatoms. The van der Waals surface area contributed by atoms with Crippen LogP contribution in [0.5, 0.6) is 11.5 Å². The molecule has 0 unspecified atom stereocenters. The van der Waals surface area contributed by atoms with Crippen molar-refractivity contribution in [2.45, 2.75) is 0 Å². The second-order valence-electron chi connectivity index (χ2n) is 5.99. The lowest BCUT2D eigenvalue weighted by Crippen LogP contribution is -2.10. The van der Waals surface area contributed by atoms with Crippen molar-refractivity contribution in [2.24, 2.45) is 0 Å². The third kappa shape index (κ3) is 5.28. The van der Waals surface area contributed by atoms with Gasteiger partial charge >= 0.3 is 11.9 Å². The smallest absolute Gasteiger partial charge is 0.343 e. The van der Waals surface area contributed by atoms with Crippen LogP contribution in [0.3, 0.4) is 0 Å². The van der Waals surface area contributed by atoms with Crippen molar-refractivity contribution in [3.63, 3.8) is 0 Å². The van der Waals surface area contributed by atoms with Gasteiger partial charge in [-0.3, -0.25) is 20.2 Å². The highest BCUT2D eigenvalue weighted by Crippen LogP contribution is 2.30. The maximum Gasteiger partial charge on any atom is 0.343 e. The van der Waals surface area contributed by atoms with Gasteiger partial charge in [-0.15, -0.1) is 0 Å². The fraction of sp³-hybridized carbons (Fsp3) is 0. The Bertz CT molecular complexity index is 1210. The maximum absolute atomic E-state index is 12.3. The lowest BCUT2D eigenvalue weighted by atomic mass is 10.2. The van der Waals surface area contributed by atoms with Crippen molar-refractivity contribution in [2.75, 3.05) is 0 Å². The molecule has 0 bridgehead atoms. The molecule has 0 fully saturated rings. The third-order valence-electron chi connectivity index (χ3n) is 3.90. The van der Waals surface area contributed by atoms with E-state index in [-0.39, 0.29) is 38.5 Å². The van der Waals surface area contributed by atoms with Gasteiger partial charge < -0.3 is 9.47 Å². The Morgan fingerprint density at radius 2 is 1.26 bits per heavy atom. The maximum atomic E-state index is 12.3. The molecule has 0 saturated carbocycles. The molecule has 0 amide bonds. The minimum atomic E-state index is -0.814. The van der Waals surface area contributed by atoms with Crippen LogP contribution >= 0.6 is 15.9 Å². The molecule has 31 heavy (non-hydrogen) atoms. The van der Waals surface area contributed by atoms with Crippen LogP contribution in [0.15, 0.2) is 71.2 Å². The van der Waals surface area contributed by atoms with Gasteiger partial charge in [-0.05, 0) is 46.3 Å². The van der Waals surface area contributed by atoms with Crippen LogP contribution in [0.4, 0.5) is 11.4 Å². The molecule has 0 radical (unpaired) electrons. The second kappa shape index (κ2) is 9.13. The van der Waals surface area contributed by atoms with Gasteiger partial charge in [0.2, 0.25) is 0 Å². The number of carbonyl (C=O) groups excluding carboxylic acids is 2. The van der Waals surface area contributed by atoms with E-state index in [1.165, 1.54) is 54.6 Å². The average Bonchev–Trinajstić information content (AvgIpc) is 2.75. The summed E-state index contributed by atoms with van der Waals surface area (Å²) < 4.78 is 10.7. The van der Waals surface area contributed by atoms with Crippen molar-refractivity contribution in [1.29, 1.82) is 0 Å². The van der Waals surface area contributed by atoms with E-state index in [0.29, 0.717) is 0 Å². The molecule has 0 atom stereocenters. The molecule has 0 N–H and O–H groups in total. The number of non-ortho nitro benzene ring substituents is 2. The average molecular weight is 487 g/mol. The Kier molecular flexibility index (Phi) is 6.36. The number of nitrogens with zero attached hydrogens (tertiary/aromatic N) is 2. The lowest BCUT2D eigenvalue weighted by Gasteiger charge is -2.09. The van der Waals surface area contributed by atoms with Gasteiger partial charge in [0.15, 0.2) is 0 Å². The first-order valence-electron chi connectivity index (χ1n) is 8.47. The summed E-state index contributed by atoms with van der Waals surface area (Å²) >= 11 is 3.20. The highest BCUT2D eigenvalue weighted by atomic mass is 79.9. The molecule has 0 saturated heterocycles. The van der Waals surface area contributed by atoms with Crippen LogP contribution in [0.2, 0.25) is 0 Å². The summed E-state index contributed by atoms with van der Waals surface area (Å²) in [7, 11) is 0. The van der Waals surface area contributed by atoms with E-state index >= 15 is 0 Å². The second-order valence-corrected chi connectivity index (χ2v) is 6.84. The predicted molar refractivity (Wildman–Crippen MR) is 110 cm³/mol. The zero-order chi connectivity index (χ0) is 22.5. The number of nitro benzene ring substituents is 2. The zero-order valence-corrected chi connectivity index (χ0v) is 17.0. The zero-order valence-electron chi connectivity index (χ0n) is 15.4. The Morgan fingerprint density at radius 1 is 0.742 bits per heavy atom. The number of esters is 2. The van der Waals surface area contributed by atoms with Crippen molar-refractivity contribution in [1.82, 2.24) is 0 Å². The third-order valence-corrected chi connectivity index (χ3v) is 4.52. The largest absolute Gasteiger partial charge is 0.423 e. The molecule has 3 aromatic rings. The van der Waals surface area contributed by atoms with Gasteiger partial charge in [0.1, 0.15) is 11.5 Å². The number of halogens is 1. The van der Waals surface area contributed by atoms with Crippen LogP contribution in [0.25, 0.3) is 0 Å². The minimum Gasteiger partial charge on any atom is -0.423 e. The molecule has 0 aliphatic heterocycles. The number of nitro groups is 2. The van der Waals surface area contributed by atoms with E-state index in [1.807, 2.05) is 0 Å². The van der Waals surface area contributed by atoms with Gasteiger partial charge in [-0.1, -0.05) is 12.1 Å².